The van der Waals surface area contributed by atoms with Crippen molar-refractivity contribution in [2.75, 3.05) is 18.6 Å². The van der Waals surface area contributed by atoms with Gasteiger partial charge in [-0.3, -0.25) is 4.79 Å². The lowest BCUT2D eigenvalue weighted by atomic mass is 10.2. The molecule has 0 bridgehead atoms. The van der Waals surface area contributed by atoms with E-state index in [1.165, 1.54) is 28.7 Å². The molecule has 0 saturated heterocycles. The van der Waals surface area contributed by atoms with Crippen LogP contribution in [0.25, 0.3) is 0 Å². The fraction of sp³-hybridized carbons (Fsp3) is 0.400. The van der Waals surface area contributed by atoms with Crippen LogP contribution >= 0.6 is 21.6 Å². The number of carbonyl (C=O) groups is 3. The number of rotatable bonds is 10. The third-order valence-electron chi connectivity index (χ3n) is 2.87. The number of carbonyl (C=O) groups excluding carboxylic acids is 2. The number of aliphatic carboxylic acids is 1. The van der Waals surface area contributed by atoms with Crippen molar-refractivity contribution in [3.63, 3.8) is 0 Å². The lowest BCUT2D eigenvalue weighted by Gasteiger charge is -2.16. The molecule has 1 rings (SSSR count). The summed E-state index contributed by atoms with van der Waals surface area (Å²) in [6, 6.07) is 7.21. The lowest BCUT2D eigenvalue weighted by Crippen LogP contribution is -2.43. The van der Waals surface area contributed by atoms with Crippen LogP contribution in [0.1, 0.15) is 5.56 Å². The van der Waals surface area contributed by atoms with Crippen LogP contribution < -0.4 is 11.1 Å². The number of amides is 1. The Morgan fingerprint density at radius 2 is 1.84 bits per heavy atom. The smallest absolute Gasteiger partial charge is 0.408 e. The van der Waals surface area contributed by atoms with Gasteiger partial charge in [0.2, 0.25) is 0 Å². The summed E-state index contributed by atoms with van der Waals surface area (Å²) in [5.74, 6) is -1.36. The van der Waals surface area contributed by atoms with E-state index in [-0.39, 0.29) is 18.1 Å². The topological polar surface area (TPSA) is 128 Å². The molecular weight excluding hydrogens is 368 g/mol. The van der Waals surface area contributed by atoms with Crippen molar-refractivity contribution in [3.05, 3.63) is 35.9 Å². The Morgan fingerprint density at radius 3 is 2.44 bits per heavy atom. The molecule has 0 fully saturated rings. The molecule has 0 aliphatic rings. The molecular formula is C15H20N2O6S2. The largest absolute Gasteiger partial charge is 0.480 e. The maximum atomic E-state index is 11.8. The molecule has 8 nitrogen and oxygen atoms in total. The molecule has 0 aromatic heterocycles. The summed E-state index contributed by atoms with van der Waals surface area (Å²) in [5, 5.41) is 11.1. The Labute approximate surface area is 153 Å². The van der Waals surface area contributed by atoms with Gasteiger partial charge in [-0.1, -0.05) is 51.9 Å². The average Bonchev–Trinajstić information content (AvgIpc) is 2.62. The molecule has 0 heterocycles. The Balaban J connectivity index is 2.40. The molecule has 1 aromatic carbocycles. The second-order valence-corrected chi connectivity index (χ2v) is 7.35. The van der Waals surface area contributed by atoms with Crippen LogP contribution in [0.2, 0.25) is 0 Å². The molecule has 0 spiro atoms. The van der Waals surface area contributed by atoms with Crippen molar-refractivity contribution in [1.82, 2.24) is 5.32 Å². The summed E-state index contributed by atoms with van der Waals surface area (Å²) in [4.78, 5) is 34.2. The van der Waals surface area contributed by atoms with Gasteiger partial charge in [0.1, 0.15) is 18.7 Å². The number of nitrogens with one attached hydrogen (secondary N) is 1. The minimum atomic E-state index is -1.10. The fourth-order valence-electron chi connectivity index (χ4n) is 1.53. The third kappa shape index (κ3) is 8.66. The molecule has 0 aliphatic heterocycles. The Kier molecular flexibility index (Phi) is 9.81. The molecule has 4 N–H and O–H groups in total. The maximum absolute atomic E-state index is 11.8. The van der Waals surface area contributed by atoms with Gasteiger partial charge in [0.05, 0.1) is 7.11 Å². The first-order valence-electron chi connectivity index (χ1n) is 7.22. The average molecular weight is 388 g/mol. The molecule has 2 atom stereocenters. The van der Waals surface area contributed by atoms with E-state index < -0.39 is 30.1 Å². The van der Waals surface area contributed by atoms with Crippen LogP contribution in [0.5, 0.6) is 0 Å². The normalized spacial score (nSPS) is 12.7. The number of ether oxygens (including phenoxy) is 2. The molecule has 0 aliphatic carbocycles. The van der Waals surface area contributed by atoms with Gasteiger partial charge in [0, 0.05) is 11.5 Å². The van der Waals surface area contributed by atoms with Crippen molar-refractivity contribution in [1.29, 1.82) is 0 Å². The van der Waals surface area contributed by atoms with E-state index in [4.69, 9.17) is 15.6 Å². The van der Waals surface area contributed by atoms with E-state index in [0.717, 1.165) is 5.56 Å². The van der Waals surface area contributed by atoms with Gasteiger partial charge < -0.3 is 25.6 Å². The predicted molar refractivity (Wildman–Crippen MR) is 96.1 cm³/mol. The molecule has 1 unspecified atom stereocenters. The predicted octanol–water partition coefficient (Wildman–Crippen LogP) is 1.25. The quantitative estimate of drug-likeness (QED) is 0.308. The van der Waals surface area contributed by atoms with Gasteiger partial charge in [0.15, 0.2) is 0 Å². The summed E-state index contributed by atoms with van der Waals surface area (Å²) in [5.41, 5.74) is 6.20. The molecule has 1 amide bonds. The van der Waals surface area contributed by atoms with Crippen molar-refractivity contribution >= 4 is 39.6 Å². The molecule has 25 heavy (non-hydrogen) atoms. The Hall–Kier alpha value is -1.91. The molecule has 138 valence electrons. The van der Waals surface area contributed by atoms with E-state index in [1.54, 1.807) is 0 Å². The van der Waals surface area contributed by atoms with Gasteiger partial charge in [0.25, 0.3) is 0 Å². The van der Waals surface area contributed by atoms with Crippen LogP contribution in [0.15, 0.2) is 30.3 Å². The monoisotopic (exact) mass is 388 g/mol. The van der Waals surface area contributed by atoms with E-state index in [2.05, 4.69) is 10.1 Å². The number of alkyl carbamates (subject to hydrolysis) is 1. The Bertz CT molecular complexity index is 572. The third-order valence-corrected chi connectivity index (χ3v) is 5.32. The zero-order valence-corrected chi connectivity index (χ0v) is 15.2. The number of hydrogen-bond donors (Lipinski definition) is 3. The first-order chi connectivity index (χ1) is 11.9. The maximum Gasteiger partial charge on any atom is 0.408 e. The summed E-state index contributed by atoms with van der Waals surface area (Å²) >= 11 is 0. The summed E-state index contributed by atoms with van der Waals surface area (Å²) in [6.07, 6.45) is -0.743. The Morgan fingerprint density at radius 1 is 1.20 bits per heavy atom. The summed E-state index contributed by atoms with van der Waals surface area (Å²) in [6.45, 7) is 0.0793. The number of methoxy groups -OCH3 is 1. The van der Waals surface area contributed by atoms with Crippen LogP contribution in [0.3, 0.4) is 0 Å². The van der Waals surface area contributed by atoms with E-state index >= 15 is 0 Å². The number of carboxylic acid groups (broad SMARTS) is 1. The number of esters is 1. The van der Waals surface area contributed by atoms with Gasteiger partial charge in [-0.2, -0.15) is 0 Å². The number of hydrogen-bond acceptors (Lipinski definition) is 8. The lowest BCUT2D eigenvalue weighted by molar-refractivity contribution is -0.142. The van der Waals surface area contributed by atoms with Crippen LogP contribution in [-0.2, 0) is 25.7 Å². The highest BCUT2D eigenvalue weighted by Gasteiger charge is 2.23. The number of benzene rings is 1. The zero-order chi connectivity index (χ0) is 18.7. The highest BCUT2D eigenvalue weighted by molar-refractivity contribution is 8.76. The minimum Gasteiger partial charge on any atom is -0.480 e. The number of carboxylic acids is 1. The van der Waals surface area contributed by atoms with Crippen molar-refractivity contribution in [3.8, 4) is 0 Å². The first kappa shape index (κ1) is 21.1. The van der Waals surface area contributed by atoms with Crippen LogP contribution in [0, 0.1) is 0 Å². The number of nitrogens with two attached hydrogens (primary N) is 1. The van der Waals surface area contributed by atoms with Gasteiger partial charge in [-0.15, -0.1) is 0 Å². The summed E-state index contributed by atoms with van der Waals surface area (Å²) in [7, 11) is 3.62. The molecule has 0 saturated carbocycles. The molecule has 1 aromatic rings. The van der Waals surface area contributed by atoms with Gasteiger partial charge in [-0.05, 0) is 5.56 Å². The highest BCUT2D eigenvalue weighted by atomic mass is 33.1. The standard InChI is InChI=1S/C15H20N2O6S2/c1-22-14(20)12(9-25-24-8-11(16)13(18)19)17-15(21)23-7-10-5-3-2-4-6-10/h2-6,11-12H,7-9,16H2,1H3,(H,17,21)(H,18,19)/t11?,12-/m0/s1. The van der Waals surface area contributed by atoms with Crippen LogP contribution in [-0.4, -0.2) is 53.8 Å². The van der Waals surface area contributed by atoms with E-state index in [9.17, 15) is 14.4 Å². The highest BCUT2D eigenvalue weighted by Crippen LogP contribution is 2.23. The molecule has 0 radical (unpaired) electrons. The molecule has 10 heteroatoms. The van der Waals surface area contributed by atoms with Crippen molar-refractivity contribution < 1.29 is 29.0 Å². The first-order valence-corrected chi connectivity index (χ1v) is 9.70. The SMILES string of the molecule is COC(=O)[C@H](CSSCC(N)C(=O)O)NC(=O)OCc1ccccc1. The van der Waals surface area contributed by atoms with Crippen LogP contribution in [0.4, 0.5) is 4.79 Å². The second kappa shape index (κ2) is 11.6. The van der Waals surface area contributed by atoms with Gasteiger partial charge >= 0.3 is 18.0 Å². The fourth-order valence-corrected chi connectivity index (χ4v) is 3.79. The summed E-state index contributed by atoms with van der Waals surface area (Å²) < 4.78 is 9.70. The zero-order valence-electron chi connectivity index (χ0n) is 13.5. The van der Waals surface area contributed by atoms with E-state index in [0.29, 0.717) is 0 Å². The van der Waals surface area contributed by atoms with E-state index in [1.807, 2.05) is 30.3 Å². The minimum absolute atomic E-state index is 0.0793. The van der Waals surface area contributed by atoms with Gasteiger partial charge in [-0.25, -0.2) is 9.59 Å². The second-order valence-electron chi connectivity index (χ2n) is 4.80. The van der Waals surface area contributed by atoms with Crippen molar-refractivity contribution in [2.24, 2.45) is 5.73 Å². The van der Waals surface area contributed by atoms with Crippen molar-refractivity contribution in [2.45, 2.75) is 18.7 Å².